The monoisotopic (exact) mass is 523 g/mol. The number of aryl methyl sites for hydroxylation is 2. The first kappa shape index (κ1) is 25.1. The van der Waals surface area contributed by atoms with Crippen LogP contribution < -0.4 is 4.90 Å². The zero-order valence-electron chi connectivity index (χ0n) is 20.6. The Kier molecular flexibility index (Phi) is 6.66. The molecule has 6 nitrogen and oxygen atoms in total. The van der Waals surface area contributed by atoms with Crippen LogP contribution in [0.3, 0.4) is 0 Å². The van der Waals surface area contributed by atoms with Gasteiger partial charge in [0.25, 0.3) is 11.8 Å². The smallest absolute Gasteiger partial charge is 0.339 e. The number of para-hydroxylation sites is 1. The standard InChI is InChI=1S/C31H22ClNO5/c1-18-7-6-8-19(2)26(18)33-29(35)24-16-13-22(17-25(24)30(33)36)31(37)38-28(21-11-14-23(32)15-12-21)27(34)20-9-4-3-5-10-20/h3-17,28H,1-2H3/t28-/m0/s1. The van der Waals surface area contributed by atoms with Crippen LogP contribution in [0.15, 0.2) is 91.0 Å². The van der Waals surface area contributed by atoms with E-state index in [1.807, 2.05) is 32.0 Å². The number of fused-ring (bicyclic) bond motifs is 1. The lowest BCUT2D eigenvalue weighted by Gasteiger charge is -2.19. The molecule has 188 valence electrons. The summed E-state index contributed by atoms with van der Waals surface area (Å²) in [6.45, 7) is 3.66. The second-order valence-corrected chi connectivity index (χ2v) is 9.45. The highest BCUT2D eigenvalue weighted by Gasteiger charge is 2.39. The molecule has 0 bridgehead atoms. The van der Waals surface area contributed by atoms with Crippen molar-refractivity contribution in [3.05, 3.63) is 135 Å². The number of amides is 2. The van der Waals surface area contributed by atoms with Gasteiger partial charge in [-0.15, -0.1) is 0 Å². The van der Waals surface area contributed by atoms with Gasteiger partial charge in [-0.2, -0.15) is 0 Å². The van der Waals surface area contributed by atoms with Gasteiger partial charge in [-0.05, 0) is 55.3 Å². The Bertz CT molecular complexity index is 1570. The number of nitrogens with zero attached hydrogens (tertiary/aromatic N) is 1. The maximum atomic E-state index is 13.3. The molecule has 1 heterocycles. The van der Waals surface area contributed by atoms with Crippen molar-refractivity contribution in [1.82, 2.24) is 0 Å². The van der Waals surface area contributed by atoms with Crippen molar-refractivity contribution in [3.8, 4) is 0 Å². The van der Waals surface area contributed by atoms with Crippen LogP contribution in [0.5, 0.6) is 0 Å². The lowest BCUT2D eigenvalue weighted by Crippen LogP contribution is -2.30. The summed E-state index contributed by atoms with van der Waals surface area (Å²) in [6, 6.07) is 24.7. The molecule has 0 aromatic heterocycles. The number of imide groups is 1. The van der Waals surface area contributed by atoms with Gasteiger partial charge >= 0.3 is 5.97 Å². The molecule has 4 aromatic carbocycles. The Hall–Kier alpha value is -4.55. The Morgan fingerprint density at radius 3 is 2.03 bits per heavy atom. The minimum Gasteiger partial charge on any atom is -0.445 e. The van der Waals surface area contributed by atoms with E-state index in [0.29, 0.717) is 21.8 Å². The fraction of sp³-hybridized carbons (Fsp3) is 0.0968. The SMILES string of the molecule is Cc1cccc(C)c1N1C(=O)c2ccc(C(=O)O[C@H](C(=O)c3ccccc3)c3ccc(Cl)cc3)cc2C1=O. The number of ether oxygens (including phenoxy) is 1. The highest BCUT2D eigenvalue weighted by atomic mass is 35.5. The molecule has 0 N–H and O–H groups in total. The topological polar surface area (TPSA) is 80.8 Å². The molecule has 1 aliphatic heterocycles. The number of carbonyl (C=O) groups is 4. The summed E-state index contributed by atoms with van der Waals surface area (Å²) < 4.78 is 5.71. The van der Waals surface area contributed by atoms with Crippen molar-refractivity contribution in [3.63, 3.8) is 0 Å². The van der Waals surface area contributed by atoms with Gasteiger partial charge in [0, 0.05) is 16.1 Å². The molecule has 2 amide bonds. The number of benzene rings is 4. The third kappa shape index (κ3) is 4.51. The average molecular weight is 524 g/mol. The van der Waals surface area contributed by atoms with Gasteiger partial charge in [0.2, 0.25) is 5.78 Å². The van der Waals surface area contributed by atoms with Crippen LogP contribution in [0.1, 0.15) is 64.2 Å². The number of hydrogen-bond acceptors (Lipinski definition) is 5. The van der Waals surface area contributed by atoms with Crippen molar-refractivity contribution in [1.29, 1.82) is 0 Å². The summed E-state index contributed by atoms with van der Waals surface area (Å²) in [4.78, 5) is 54.2. The number of hydrogen-bond donors (Lipinski definition) is 0. The van der Waals surface area contributed by atoms with E-state index in [4.69, 9.17) is 16.3 Å². The summed E-state index contributed by atoms with van der Waals surface area (Å²) in [5, 5.41) is 0.473. The Morgan fingerprint density at radius 1 is 0.737 bits per heavy atom. The summed E-state index contributed by atoms with van der Waals surface area (Å²) in [5.41, 5.74) is 3.26. The number of carbonyl (C=O) groups excluding carboxylic acids is 4. The van der Waals surface area contributed by atoms with Crippen LogP contribution in [0.2, 0.25) is 5.02 Å². The molecule has 38 heavy (non-hydrogen) atoms. The van der Waals surface area contributed by atoms with Crippen molar-refractivity contribution >= 4 is 40.9 Å². The molecule has 0 unspecified atom stereocenters. The first-order valence-electron chi connectivity index (χ1n) is 11.9. The van der Waals surface area contributed by atoms with Crippen molar-refractivity contribution in [2.75, 3.05) is 4.90 Å². The van der Waals surface area contributed by atoms with Crippen LogP contribution >= 0.6 is 11.6 Å². The summed E-state index contributed by atoms with van der Waals surface area (Å²) >= 11 is 6.01. The van der Waals surface area contributed by atoms with Crippen molar-refractivity contribution < 1.29 is 23.9 Å². The maximum absolute atomic E-state index is 13.3. The second-order valence-electron chi connectivity index (χ2n) is 9.01. The van der Waals surface area contributed by atoms with E-state index in [1.165, 1.54) is 18.2 Å². The summed E-state index contributed by atoms with van der Waals surface area (Å²) in [6.07, 6.45) is -1.24. The number of halogens is 1. The first-order chi connectivity index (χ1) is 18.3. The van der Waals surface area contributed by atoms with E-state index in [0.717, 1.165) is 16.0 Å². The number of ketones is 1. The molecule has 0 saturated carbocycles. The molecule has 0 saturated heterocycles. The van der Waals surface area contributed by atoms with E-state index in [9.17, 15) is 19.2 Å². The Labute approximate surface area is 224 Å². The van der Waals surface area contributed by atoms with E-state index >= 15 is 0 Å². The number of esters is 1. The highest BCUT2D eigenvalue weighted by Crippen LogP contribution is 2.34. The fourth-order valence-corrected chi connectivity index (χ4v) is 4.69. The Balaban J connectivity index is 1.47. The van der Waals surface area contributed by atoms with Crippen molar-refractivity contribution in [2.24, 2.45) is 0 Å². The molecule has 0 spiro atoms. The third-order valence-corrected chi connectivity index (χ3v) is 6.73. The zero-order valence-corrected chi connectivity index (χ0v) is 21.4. The van der Waals surface area contributed by atoms with Gasteiger partial charge in [-0.25, -0.2) is 9.69 Å². The van der Waals surface area contributed by atoms with E-state index in [2.05, 4.69) is 0 Å². The predicted molar refractivity (Wildman–Crippen MR) is 144 cm³/mol. The molecular formula is C31H22ClNO5. The summed E-state index contributed by atoms with van der Waals surface area (Å²) in [5.74, 6) is -2.19. The highest BCUT2D eigenvalue weighted by molar-refractivity contribution is 6.35. The Morgan fingerprint density at radius 2 is 1.37 bits per heavy atom. The lowest BCUT2D eigenvalue weighted by atomic mass is 9.99. The molecule has 0 fully saturated rings. The molecule has 7 heteroatoms. The van der Waals surface area contributed by atoms with Gasteiger partial charge in [0.15, 0.2) is 6.10 Å². The quantitative estimate of drug-likeness (QED) is 0.163. The van der Waals surface area contributed by atoms with Crippen molar-refractivity contribution in [2.45, 2.75) is 20.0 Å². The first-order valence-corrected chi connectivity index (χ1v) is 12.3. The van der Waals surface area contributed by atoms with Gasteiger partial charge < -0.3 is 4.74 Å². The van der Waals surface area contributed by atoms with Gasteiger partial charge in [0.1, 0.15) is 0 Å². The molecule has 0 radical (unpaired) electrons. The maximum Gasteiger partial charge on any atom is 0.339 e. The van der Waals surface area contributed by atoms with E-state index in [-0.39, 0.29) is 16.7 Å². The van der Waals surface area contributed by atoms with E-state index in [1.54, 1.807) is 54.6 Å². The number of Topliss-reactive ketones (excluding diaryl/α,β-unsaturated/α-hetero) is 1. The van der Waals surface area contributed by atoms with Gasteiger partial charge in [0.05, 0.1) is 22.4 Å². The van der Waals surface area contributed by atoms with Crippen LogP contribution in [-0.2, 0) is 4.74 Å². The lowest BCUT2D eigenvalue weighted by molar-refractivity contribution is 0.0280. The predicted octanol–water partition coefficient (Wildman–Crippen LogP) is 6.54. The molecule has 5 rings (SSSR count). The fourth-order valence-electron chi connectivity index (χ4n) is 4.57. The van der Waals surface area contributed by atoms with Gasteiger partial charge in [-0.1, -0.05) is 72.3 Å². The zero-order chi connectivity index (χ0) is 27.0. The molecule has 4 aromatic rings. The number of rotatable bonds is 6. The molecule has 1 aliphatic rings. The second kappa shape index (κ2) is 10.1. The van der Waals surface area contributed by atoms with E-state index < -0.39 is 29.7 Å². The number of anilines is 1. The van der Waals surface area contributed by atoms with Crippen LogP contribution in [-0.4, -0.2) is 23.6 Å². The van der Waals surface area contributed by atoms with Crippen LogP contribution in [0.4, 0.5) is 5.69 Å². The summed E-state index contributed by atoms with van der Waals surface area (Å²) in [7, 11) is 0. The minimum absolute atomic E-state index is 0.0491. The van der Waals surface area contributed by atoms with Crippen LogP contribution in [0.25, 0.3) is 0 Å². The third-order valence-electron chi connectivity index (χ3n) is 6.48. The van der Waals surface area contributed by atoms with Crippen LogP contribution in [0, 0.1) is 13.8 Å². The molecule has 1 atom stereocenters. The largest absolute Gasteiger partial charge is 0.445 e. The van der Waals surface area contributed by atoms with Gasteiger partial charge in [-0.3, -0.25) is 14.4 Å². The molecule has 0 aliphatic carbocycles. The normalized spacial score (nSPS) is 13.3. The average Bonchev–Trinajstić information content (AvgIpc) is 3.17. The minimum atomic E-state index is -1.24. The molecular weight excluding hydrogens is 502 g/mol.